The van der Waals surface area contributed by atoms with E-state index in [1.807, 2.05) is 26.2 Å². The second-order valence-corrected chi connectivity index (χ2v) is 7.23. The third-order valence-electron chi connectivity index (χ3n) is 4.23. The monoisotopic (exact) mass is 457 g/mol. The first-order valence-electron chi connectivity index (χ1n) is 8.91. The normalized spacial score (nSPS) is 11.4. The Bertz CT molecular complexity index is 860. The Labute approximate surface area is 186 Å². The van der Waals surface area contributed by atoms with Crippen LogP contribution in [0.2, 0.25) is 5.02 Å². The molecule has 0 fully saturated rings. The number of rotatable bonds is 8. The molecule has 0 radical (unpaired) electrons. The average molecular weight is 458 g/mol. The molecule has 0 aliphatic carbocycles. The Morgan fingerprint density at radius 1 is 1.13 bits per heavy atom. The van der Waals surface area contributed by atoms with Crippen LogP contribution in [0, 0.1) is 10.1 Å². The Kier molecular flexibility index (Phi) is 9.84. The van der Waals surface area contributed by atoms with Crippen LogP contribution in [0.15, 0.2) is 42.5 Å². The largest absolute Gasteiger partial charge is 0.492 e. The summed E-state index contributed by atoms with van der Waals surface area (Å²) in [6.45, 7) is 0.373. The number of ether oxygens (including phenoxy) is 2. The van der Waals surface area contributed by atoms with Gasteiger partial charge in [0.05, 0.1) is 16.6 Å². The van der Waals surface area contributed by atoms with Crippen molar-refractivity contribution in [1.29, 1.82) is 0 Å². The minimum Gasteiger partial charge on any atom is -0.492 e. The molecule has 0 aliphatic heterocycles. The van der Waals surface area contributed by atoms with Crippen molar-refractivity contribution in [3.63, 3.8) is 0 Å². The van der Waals surface area contributed by atoms with Gasteiger partial charge in [-0.1, -0.05) is 23.7 Å². The molecule has 0 aromatic heterocycles. The first-order chi connectivity index (χ1) is 13.7. The van der Waals surface area contributed by atoms with E-state index in [0.29, 0.717) is 24.5 Å². The summed E-state index contributed by atoms with van der Waals surface area (Å²) < 4.78 is 11.0. The number of carbonyl (C=O) groups excluding carboxylic acids is 1. The number of carbonyl (C=O) groups is 1. The molecule has 1 atom stereocenters. The molecule has 2 rings (SSSR count). The predicted molar refractivity (Wildman–Crippen MR) is 118 cm³/mol. The number of nitro benzene ring substituents is 1. The summed E-state index contributed by atoms with van der Waals surface area (Å²) in [7, 11) is 7.17. The molecule has 8 nitrogen and oxygen atoms in total. The molecular formula is C20H25Cl2N3O5. The second kappa shape index (κ2) is 11.6. The summed E-state index contributed by atoms with van der Waals surface area (Å²) in [4.78, 5) is 25.3. The van der Waals surface area contributed by atoms with Crippen molar-refractivity contribution < 1.29 is 19.2 Å². The van der Waals surface area contributed by atoms with E-state index in [1.54, 1.807) is 26.2 Å². The second-order valence-electron chi connectivity index (χ2n) is 6.82. The van der Waals surface area contributed by atoms with Gasteiger partial charge in [0.15, 0.2) is 0 Å². The van der Waals surface area contributed by atoms with E-state index in [2.05, 4.69) is 4.90 Å². The zero-order valence-electron chi connectivity index (χ0n) is 17.2. The molecule has 0 spiro atoms. The maximum atomic E-state index is 11.6. The van der Waals surface area contributed by atoms with Crippen LogP contribution in [-0.2, 0) is 0 Å². The smallest absolute Gasteiger partial charge is 0.414 e. The van der Waals surface area contributed by atoms with Gasteiger partial charge in [-0.3, -0.25) is 10.1 Å². The number of amides is 1. The third kappa shape index (κ3) is 7.05. The summed E-state index contributed by atoms with van der Waals surface area (Å²) in [5, 5.41) is 11.0. The molecule has 0 unspecified atom stereocenters. The van der Waals surface area contributed by atoms with Gasteiger partial charge in [0.2, 0.25) is 0 Å². The van der Waals surface area contributed by atoms with Crippen LogP contribution in [-0.4, -0.2) is 55.6 Å². The first kappa shape index (κ1) is 25.5. The number of non-ortho nitro benzene ring substituents is 1. The van der Waals surface area contributed by atoms with Crippen LogP contribution in [0.5, 0.6) is 11.5 Å². The van der Waals surface area contributed by atoms with Crippen molar-refractivity contribution in [2.75, 3.05) is 34.8 Å². The van der Waals surface area contributed by atoms with Crippen LogP contribution in [0.4, 0.5) is 10.5 Å². The van der Waals surface area contributed by atoms with E-state index < -0.39 is 11.0 Å². The van der Waals surface area contributed by atoms with Crippen LogP contribution < -0.4 is 9.47 Å². The van der Waals surface area contributed by atoms with Crippen molar-refractivity contribution in [2.24, 2.45) is 0 Å². The number of nitro groups is 1. The van der Waals surface area contributed by atoms with Gasteiger partial charge in [0, 0.05) is 38.7 Å². The molecule has 0 saturated carbocycles. The van der Waals surface area contributed by atoms with Gasteiger partial charge in [-0.2, -0.15) is 0 Å². The topological polar surface area (TPSA) is 85.1 Å². The molecule has 1 amide bonds. The highest BCUT2D eigenvalue weighted by Crippen LogP contribution is 2.30. The fraction of sp³-hybridized carbons (Fsp3) is 0.350. The maximum Gasteiger partial charge on any atom is 0.414 e. The highest BCUT2D eigenvalue weighted by atomic mass is 35.5. The molecule has 0 N–H and O–H groups in total. The lowest BCUT2D eigenvalue weighted by atomic mass is 10.0. The van der Waals surface area contributed by atoms with Crippen molar-refractivity contribution in [3.8, 4) is 11.5 Å². The molecule has 0 heterocycles. The number of hydrogen-bond donors (Lipinski definition) is 0. The van der Waals surface area contributed by atoms with Crippen molar-refractivity contribution in [1.82, 2.24) is 9.80 Å². The van der Waals surface area contributed by atoms with E-state index in [1.165, 1.54) is 23.1 Å². The highest BCUT2D eigenvalue weighted by Gasteiger charge is 2.16. The fourth-order valence-electron chi connectivity index (χ4n) is 2.67. The van der Waals surface area contributed by atoms with Crippen LogP contribution in [0.3, 0.4) is 0 Å². The van der Waals surface area contributed by atoms with Gasteiger partial charge in [-0.25, -0.2) is 4.79 Å². The average Bonchev–Trinajstić information content (AvgIpc) is 2.66. The third-order valence-corrected chi connectivity index (χ3v) is 4.53. The molecule has 164 valence electrons. The summed E-state index contributed by atoms with van der Waals surface area (Å²) >= 11 is 6.06. The molecular weight excluding hydrogens is 433 g/mol. The summed E-state index contributed by atoms with van der Waals surface area (Å²) in [5.74, 6) is 0.875. The Morgan fingerprint density at radius 3 is 2.27 bits per heavy atom. The number of hydrogen-bond acceptors (Lipinski definition) is 6. The zero-order chi connectivity index (χ0) is 21.6. The van der Waals surface area contributed by atoms with E-state index in [0.717, 1.165) is 5.56 Å². The van der Waals surface area contributed by atoms with Crippen molar-refractivity contribution in [3.05, 3.63) is 63.2 Å². The highest BCUT2D eigenvalue weighted by molar-refractivity contribution is 6.32. The molecule has 0 aliphatic rings. The van der Waals surface area contributed by atoms with Gasteiger partial charge in [-0.05, 0) is 37.9 Å². The standard InChI is InChI=1S/C20H24ClN3O5.ClH/c1-22(2)18(14-5-8-16(9-6-14)29-20(25)23(3)4)11-12-28-19-10-7-15(24(26)27)13-17(19)21;/h5-10,13,18H,11-12H2,1-4H3;1H/t18-;/m0./s1. The van der Waals surface area contributed by atoms with E-state index in [4.69, 9.17) is 21.1 Å². The number of benzene rings is 2. The van der Waals surface area contributed by atoms with Crippen molar-refractivity contribution in [2.45, 2.75) is 12.5 Å². The quantitative estimate of drug-likeness (QED) is 0.417. The Hall–Kier alpha value is -2.55. The van der Waals surface area contributed by atoms with E-state index in [-0.39, 0.29) is 29.2 Å². The number of nitrogens with zero attached hydrogens (tertiary/aromatic N) is 3. The lowest BCUT2D eigenvalue weighted by molar-refractivity contribution is -0.384. The SMILES string of the molecule is CN(C)C(=O)Oc1ccc([C@H](CCOc2ccc([N+](=O)[O-])cc2Cl)N(C)C)cc1.Cl. The van der Waals surface area contributed by atoms with Crippen LogP contribution in [0.1, 0.15) is 18.0 Å². The van der Waals surface area contributed by atoms with E-state index in [9.17, 15) is 14.9 Å². The van der Waals surface area contributed by atoms with Gasteiger partial charge >= 0.3 is 6.09 Å². The maximum absolute atomic E-state index is 11.6. The van der Waals surface area contributed by atoms with Gasteiger partial charge < -0.3 is 19.3 Å². The molecule has 10 heteroatoms. The molecule has 0 saturated heterocycles. The minimum absolute atomic E-state index is 0. The first-order valence-corrected chi connectivity index (χ1v) is 9.29. The van der Waals surface area contributed by atoms with Gasteiger partial charge in [0.1, 0.15) is 11.5 Å². The summed E-state index contributed by atoms with van der Waals surface area (Å²) in [6, 6.07) is 11.5. The molecule has 2 aromatic carbocycles. The molecule has 30 heavy (non-hydrogen) atoms. The fourth-order valence-corrected chi connectivity index (χ4v) is 2.90. The van der Waals surface area contributed by atoms with Crippen molar-refractivity contribution >= 4 is 35.8 Å². The van der Waals surface area contributed by atoms with Crippen LogP contribution >= 0.6 is 24.0 Å². The summed E-state index contributed by atoms with van der Waals surface area (Å²) in [5.41, 5.74) is 0.960. The molecule has 0 bridgehead atoms. The Balaban J connectivity index is 0.00000450. The molecule has 2 aromatic rings. The predicted octanol–water partition coefficient (Wildman–Crippen LogP) is 4.80. The zero-order valence-corrected chi connectivity index (χ0v) is 18.8. The lowest BCUT2D eigenvalue weighted by Crippen LogP contribution is -2.25. The Morgan fingerprint density at radius 2 is 1.77 bits per heavy atom. The van der Waals surface area contributed by atoms with Gasteiger partial charge in [-0.15, -0.1) is 12.4 Å². The summed E-state index contributed by atoms with van der Waals surface area (Å²) in [6.07, 6.45) is 0.229. The van der Waals surface area contributed by atoms with Gasteiger partial charge in [0.25, 0.3) is 5.69 Å². The lowest BCUT2D eigenvalue weighted by Gasteiger charge is -2.25. The van der Waals surface area contributed by atoms with E-state index >= 15 is 0 Å². The minimum atomic E-state index is -0.503. The van der Waals surface area contributed by atoms with Crippen LogP contribution in [0.25, 0.3) is 0 Å². The number of halogens is 2.